The Morgan fingerprint density at radius 2 is 1.95 bits per heavy atom. The van der Waals surface area contributed by atoms with E-state index in [2.05, 4.69) is 4.98 Å². The van der Waals surface area contributed by atoms with Gasteiger partial charge in [0.2, 0.25) is 0 Å². The molecular weight excluding hydrogens is 266 g/mol. The number of carbonyl (C=O) groups excluding carboxylic acids is 1. The van der Waals surface area contributed by atoms with Crippen LogP contribution in [0.2, 0.25) is 5.02 Å². The minimum Gasteiger partial charge on any atom is -0.481 e. The molecule has 2 aromatic rings. The van der Waals surface area contributed by atoms with Crippen LogP contribution < -0.4 is 0 Å². The van der Waals surface area contributed by atoms with Crippen molar-refractivity contribution in [1.29, 1.82) is 0 Å². The molecule has 0 amide bonds. The Balaban J connectivity index is 2.05. The van der Waals surface area contributed by atoms with Crippen molar-refractivity contribution in [3.05, 3.63) is 35.0 Å². The Kier molecular flexibility index (Phi) is 4.22. The summed E-state index contributed by atoms with van der Waals surface area (Å²) in [6, 6.07) is 5.36. The van der Waals surface area contributed by atoms with Crippen molar-refractivity contribution in [2.75, 3.05) is 0 Å². The first kappa shape index (κ1) is 13.6. The highest BCUT2D eigenvalue weighted by Crippen LogP contribution is 2.23. The lowest BCUT2D eigenvalue weighted by atomic mass is 10.0. The van der Waals surface area contributed by atoms with Gasteiger partial charge in [-0.2, -0.15) is 0 Å². The molecule has 0 saturated heterocycles. The summed E-state index contributed by atoms with van der Waals surface area (Å²) in [5.41, 5.74) is 1.49. The van der Waals surface area contributed by atoms with Crippen molar-refractivity contribution in [3.63, 3.8) is 0 Å². The lowest BCUT2D eigenvalue weighted by Crippen LogP contribution is -1.99. The molecule has 0 spiro atoms. The number of fused-ring (bicyclic) bond motifs is 1. The van der Waals surface area contributed by atoms with E-state index in [4.69, 9.17) is 16.7 Å². The molecule has 0 unspecified atom stereocenters. The number of aliphatic carboxylic acids is 1. The molecule has 19 heavy (non-hydrogen) atoms. The summed E-state index contributed by atoms with van der Waals surface area (Å²) in [5, 5.41) is 9.94. The minimum absolute atomic E-state index is 0.0129. The number of unbranched alkanes of at least 4 members (excludes halogenated alkanes) is 1. The second-order valence-electron chi connectivity index (χ2n) is 4.42. The molecule has 2 N–H and O–H groups in total. The molecule has 4 nitrogen and oxygen atoms in total. The maximum atomic E-state index is 12.1. The van der Waals surface area contributed by atoms with E-state index in [-0.39, 0.29) is 12.2 Å². The highest BCUT2D eigenvalue weighted by molar-refractivity contribution is 6.31. The number of hydrogen-bond acceptors (Lipinski definition) is 2. The summed E-state index contributed by atoms with van der Waals surface area (Å²) in [4.78, 5) is 25.5. The lowest BCUT2D eigenvalue weighted by molar-refractivity contribution is -0.137. The Morgan fingerprint density at radius 1 is 1.21 bits per heavy atom. The van der Waals surface area contributed by atoms with Crippen LogP contribution in [0.5, 0.6) is 0 Å². The summed E-state index contributed by atoms with van der Waals surface area (Å²) < 4.78 is 0. The molecule has 0 radical (unpaired) electrons. The summed E-state index contributed by atoms with van der Waals surface area (Å²) >= 11 is 5.92. The maximum absolute atomic E-state index is 12.1. The molecule has 0 aliphatic heterocycles. The average Bonchev–Trinajstić information content (AvgIpc) is 2.77. The van der Waals surface area contributed by atoms with Crippen LogP contribution in [0.4, 0.5) is 0 Å². The van der Waals surface area contributed by atoms with E-state index in [0.29, 0.717) is 29.8 Å². The van der Waals surface area contributed by atoms with E-state index in [9.17, 15) is 9.59 Å². The van der Waals surface area contributed by atoms with Gasteiger partial charge < -0.3 is 10.1 Å². The zero-order valence-electron chi connectivity index (χ0n) is 10.3. The first-order valence-electron chi connectivity index (χ1n) is 6.09. The van der Waals surface area contributed by atoms with Gasteiger partial charge in [-0.25, -0.2) is 0 Å². The first-order chi connectivity index (χ1) is 9.08. The van der Waals surface area contributed by atoms with Crippen molar-refractivity contribution in [3.8, 4) is 0 Å². The average molecular weight is 280 g/mol. The molecule has 1 heterocycles. The Labute approximate surface area is 115 Å². The Hall–Kier alpha value is -1.81. The van der Waals surface area contributed by atoms with E-state index in [1.165, 1.54) is 0 Å². The van der Waals surface area contributed by atoms with Crippen molar-refractivity contribution in [2.45, 2.75) is 25.7 Å². The fourth-order valence-electron chi connectivity index (χ4n) is 2.02. The molecule has 0 bridgehead atoms. The van der Waals surface area contributed by atoms with E-state index in [1.807, 2.05) is 6.07 Å². The SMILES string of the molecule is O=C(O)CCCCC(=O)c1c[nH]c2ccc(Cl)cc12. The van der Waals surface area contributed by atoms with Crippen LogP contribution in [0, 0.1) is 0 Å². The third-order valence-corrected chi connectivity index (χ3v) is 3.22. The number of carboxylic acids is 1. The number of halogens is 1. The number of H-pyrrole nitrogens is 1. The van der Waals surface area contributed by atoms with Crippen LogP contribution in [-0.2, 0) is 4.79 Å². The molecule has 1 aromatic carbocycles. The highest BCUT2D eigenvalue weighted by Gasteiger charge is 2.12. The summed E-state index contributed by atoms with van der Waals surface area (Å²) in [7, 11) is 0. The number of carboxylic acid groups (broad SMARTS) is 1. The number of aromatic nitrogens is 1. The number of Topliss-reactive ketones (excluding diaryl/α,β-unsaturated/α-hetero) is 1. The number of aromatic amines is 1. The van der Waals surface area contributed by atoms with Gasteiger partial charge in [0.25, 0.3) is 0 Å². The Bertz CT molecular complexity index is 618. The first-order valence-corrected chi connectivity index (χ1v) is 6.47. The zero-order chi connectivity index (χ0) is 13.8. The molecule has 0 saturated carbocycles. The molecule has 0 fully saturated rings. The quantitative estimate of drug-likeness (QED) is 0.626. The van der Waals surface area contributed by atoms with Crippen LogP contribution in [0.3, 0.4) is 0 Å². The number of ketones is 1. The van der Waals surface area contributed by atoms with Crippen molar-refractivity contribution < 1.29 is 14.7 Å². The van der Waals surface area contributed by atoms with Crippen molar-refractivity contribution >= 4 is 34.3 Å². The number of benzene rings is 1. The zero-order valence-corrected chi connectivity index (χ0v) is 11.0. The number of rotatable bonds is 6. The second kappa shape index (κ2) is 5.89. The number of hydrogen-bond donors (Lipinski definition) is 2. The van der Waals surface area contributed by atoms with Crippen molar-refractivity contribution in [1.82, 2.24) is 4.98 Å². The molecule has 100 valence electrons. The van der Waals surface area contributed by atoms with Crippen LogP contribution in [0.15, 0.2) is 24.4 Å². The van der Waals surface area contributed by atoms with Gasteiger partial charge in [-0.15, -0.1) is 0 Å². The topological polar surface area (TPSA) is 70.2 Å². The van der Waals surface area contributed by atoms with Crippen LogP contribution in [0.25, 0.3) is 10.9 Å². The third kappa shape index (κ3) is 3.35. The lowest BCUT2D eigenvalue weighted by Gasteiger charge is -1.99. The van der Waals surface area contributed by atoms with Gasteiger partial charge in [0.05, 0.1) is 0 Å². The molecule has 1 aromatic heterocycles. The van der Waals surface area contributed by atoms with Gasteiger partial charge in [-0.05, 0) is 31.0 Å². The molecule has 2 rings (SSSR count). The minimum atomic E-state index is -0.827. The largest absolute Gasteiger partial charge is 0.481 e. The predicted molar refractivity (Wildman–Crippen MR) is 73.7 cm³/mol. The van der Waals surface area contributed by atoms with Crippen LogP contribution in [0.1, 0.15) is 36.0 Å². The summed E-state index contributed by atoms with van der Waals surface area (Å²) in [6.07, 6.45) is 3.24. The third-order valence-electron chi connectivity index (χ3n) is 2.99. The van der Waals surface area contributed by atoms with Crippen molar-refractivity contribution in [2.24, 2.45) is 0 Å². The maximum Gasteiger partial charge on any atom is 0.303 e. The number of carbonyl (C=O) groups is 2. The van der Waals surface area contributed by atoms with Crippen LogP contribution >= 0.6 is 11.6 Å². The van der Waals surface area contributed by atoms with E-state index >= 15 is 0 Å². The van der Waals surface area contributed by atoms with E-state index < -0.39 is 5.97 Å². The van der Waals surface area contributed by atoms with Gasteiger partial charge in [-0.1, -0.05) is 11.6 Å². The number of nitrogens with one attached hydrogen (secondary N) is 1. The van der Waals surface area contributed by atoms with E-state index in [1.54, 1.807) is 18.3 Å². The summed E-state index contributed by atoms with van der Waals surface area (Å²) in [5.74, 6) is -0.815. The van der Waals surface area contributed by atoms with Gasteiger partial charge in [0, 0.05) is 40.5 Å². The Morgan fingerprint density at radius 3 is 2.68 bits per heavy atom. The van der Waals surface area contributed by atoms with Gasteiger partial charge in [-0.3, -0.25) is 9.59 Å². The molecular formula is C14H14ClNO3. The van der Waals surface area contributed by atoms with Gasteiger partial charge in [0.15, 0.2) is 5.78 Å². The predicted octanol–water partition coefficient (Wildman–Crippen LogP) is 3.65. The fraction of sp³-hybridized carbons (Fsp3) is 0.286. The summed E-state index contributed by atoms with van der Waals surface area (Å²) in [6.45, 7) is 0. The highest BCUT2D eigenvalue weighted by atomic mass is 35.5. The molecule has 0 aliphatic carbocycles. The standard InChI is InChI=1S/C14H14ClNO3/c15-9-5-6-12-10(7-9)11(8-16-12)13(17)3-1-2-4-14(18)19/h5-8,16H,1-4H2,(H,18,19). The normalized spacial score (nSPS) is 10.8. The van der Waals surface area contributed by atoms with Gasteiger partial charge >= 0.3 is 5.97 Å². The smallest absolute Gasteiger partial charge is 0.303 e. The molecule has 0 aliphatic rings. The molecule has 5 heteroatoms. The van der Waals surface area contributed by atoms with Gasteiger partial charge in [0.1, 0.15) is 0 Å². The fourth-order valence-corrected chi connectivity index (χ4v) is 2.19. The van der Waals surface area contributed by atoms with Crippen LogP contribution in [-0.4, -0.2) is 21.8 Å². The second-order valence-corrected chi connectivity index (χ2v) is 4.85. The van der Waals surface area contributed by atoms with E-state index in [0.717, 1.165) is 10.9 Å². The molecule has 0 atom stereocenters. The monoisotopic (exact) mass is 279 g/mol.